The maximum absolute atomic E-state index is 12.2. The first kappa shape index (κ1) is 32.1. The third kappa shape index (κ3) is 13.1. The van der Waals surface area contributed by atoms with Crippen molar-refractivity contribution in [3.8, 4) is 0 Å². The lowest BCUT2D eigenvalue weighted by atomic mass is 10.0. The number of carbonyl (C=O) groups excluding carboxylic acids is 1. The molecule has 0 radical (unpaired) electrons. The summed E-state index contributed by atoms with van der Waals surface area (Å²) >= 11 is 0. The van der Waals surface area contributed by atoms with Gasteiger partial charge in [-0.1, -0.05) is 84.0 Å². The molecule has 0 saturated carbocycles. The van der Waals surface area contributed by atoms with Crippen molar-refractivity contribution in [3.63, 3.8) is 0 Å². The number of nitrogens with two attached hydrogens (primary N) is 1. The normalized spacial score (nSPS) is 14.0. The van der Waals surface area contributed by atoms with E-state index in [0.717, 1.165) is 19.3 Å². The van der Waals surface area contributed by atoms with Crippen molar-refractivity contribution >= 4 is 30.5 Å². The SMILES string of the molecule is CCCCCCCCCCCCCCCC(=O)OCOP(=O)(O)CO[C@H](C)Cn1cnc2c(N)ncnc21. The first-order valence-corrected chi connectivity index (χ1v) is 15.7. The molecule has 0 aliphatic rings. The van der Waals surface area contributed by atoms with Crippen molar-refractivity contribution in [1.29, 1.82) is 0 Å². The summed E-state index contributed by atoms with van der Waals surface area (Å²) in [7, 11) is -4.08. The van der Waals surface area contributed by atoms with Crippen LogP contribution in [0.3, 0.4) is 0 Å². The monoisotopic (exact) mass is 555 g/mol. The number of aromatic nitrogens is 4. The van der Waals surface area contributed by atoms with Crippen LogP contribution < -0.4 is 5.73 Å². The largest absolute Gasteiger partial charge is 0.438 e. The summed E-state index contributed by atoms with van der Waals surface area (Å²) in [5.74, 6) is -0.158. The van der Waals surface area contributed by atoms with Gasteiger partial charge in [0.25, 0.3) is 0 Å². The second-order valence-corrected chi connectivity index (χ2v) is 11.6. The van der Waals surface area contributed by atoms with E-state index in [0.29, 0.717) is 17.7 Å². The average Bonchev–Trinajstić information content (AvgIpc) is 3.29. The Morgan fingerprint density at radius 1 is 1.00 bits per heavy atom. The van der Waals surface area contributed by atoms with E-state index in [-0.39, 0.29) is 12.2 Å². The number of nitrogens with zero attached hydrogens (tertiary/aromatic N) is 4. The zero-order valence-electron chi connectivity index (χ0n) is 23.1. The summed E-state index contributed by atoms with van der Waals surface area (Å²) in [6.45, 7) is 3.74. The third-order valence-electron chi connectivity index (χ3n) is 6.36. The highest BCUT2D eigenvalue weighted by molar-refractivity contribution is 7.52. The summed E-state index contributed by atoms with van der Waals surface area (Å²) in [5, 5.41) is 0. The Hall–Kier alpha value is -2.07. The van der Waals surface area contributed by atoms with Crippen LogP contribution >= 0.6 is 7.60 Å². The van der Waals surface area contributed by atoms with Gasteiger partial charge in [0.15, 0.2) is 11.5 Å². The van der Waals surface area contributed by atoms with Gasteiger partial charge in [-0.3, -0.25) is 13.9 Å². The van der Waals surface area contributed by atoms with Gasteiger partial charge < -0.3 is 24.7 Å². The zero-order chi connectivity index (χ0) is 27.6. The fourth-order valence-corrected chi connectivity index (χ4v) is 4.89. The molecule has 2 heterocycles. The molecule has 0 saturated heterocycles. The van der Waals surface area contributed by atoms with Crippen molar-refractivity contribution in [2.75, 3.05) is 18.9 Å². The topological polar surface area (TPSA) is 152 Å². The molecule has 2 rings (SSSR count). The van der Waals surface area contributed by atoms with Gasteiger partial charge in [-0.25, -0.2) is 15.0 Å². The highest BCUT2D eigenvalue weighted by atomic mass is 31.2. The zero-order valence-corrected chi connectivity index (χ0v) is 23.9. The van der Waals surface area contributed by atoms with Crippen LogP contribution in [0.1, 0.15) is 104 Å². The van der Waals surface area contributed by atoms with Crippen molar-refractivity contribution in [2.45, 2.75) is 116 Å². The molecule has 1 unspecified atom stereocenters. The predicted molar refractivity (Wildman–Crippen MR) is 147 cm³/mol. The smallest absolute Gasteiger partial charge is 0.356 e. The molecule has 3 N–H and O–H groups in total. The lowest BCUT2D eigenvalue weighted by molar-refractivity contribution is -0.150. The van der Waals surface area contributed by atoms with Crippen LogP contribution in [-0.4, -0.2) is 49.6 Å². The number of carbonyl (C=O) groups is 1. The van der Waals surface area contributed by atoms with Crippen molar-refractivity contribution in [2.24, 2.45) is 0 Å². The van der Waals surface area contributed by atoms with Gasteiger partial charge in [-0.05, 0) is 13.3 Å². The van der Waals surface area contributed by atoms with Gasteiger partial charge in [0.1, 0.15) is 18.2 Å². The molecule has 12 heteroatoms. The molecule has 0 bridgehead atoms. The van der Waals surface area contributed by atoms with E-state index in [2.05, 4.69) is 21.9 Å². The number of unbranched alkanes of at least 4 members (excludes halogenated alkanes) is 12. The lowest BCUT2D eigenvalue weighted by Crippen LogP contribution is -2.18. The minimum absolute atomic E-state index is 0.275. The van der Waals surface area contributed by atoms with Crippen LogP contribution in [0.4, 0.5) is 5.82 Å². The molecule has 38 heavy (non-hydrogen) atoms. The van der Waals surface area contributed by atoms with E-state index in [9.17, 15) is 14.3 Å². The Balaban J connectivity index is 1.47. The number of rotatable bonds is 22. The van der Waals surface area contributed by atoms with E-state index in [1.807, 2.05) is 0 Å². The Morgan fingerprint density at radius 2 is 1.61 bits per heavy atom. The third-order valence-corrected chi connectivity index (χ3v) is 7.35. The Bertz CT molecular complexity index is 988. The van der Waals surface area contributed by atoms with Crippen LogP contribution in [0.2, 0.25) is 0 Å². The Kier molecular flexibility index (Phi) is 15.4. The van der Waals surface area contributed by atoms with Gasteiger partial charge in [0, 0.05) is 6.42 Å². The molecule has 2 atom stereocenters. The maximum Gasteiger partial charge on any atom is 0.356 e. The molecule has 216 valence electrons. The minimum atomic E-state index is -4.08. The predicted octanol–water partition coefficient (Wildman–Crippen LogP) is 5.96. The number of anilines is 1. The number of fused-ring (bicyclic) bond motifs is 1. The molecule has 0 aliphatic heterocycles. The molecule has 0 fully saturated rings. The molecular weight excluding hydrogens is 509 g/mol. The highest BCUT2D eigenvalue weighted by Crippen LogP contribution is 2.42. The number of ether oxygens (including phenoxy) is 2. The summed E-state index contributed by atoms with van der Waals surface area (Å²) in [4.78, 5) is 34.1. The van der Waals surface area contributed by atoms with Gasteiger partial charge in [-0.15, -0.1) is 0 Å². The van der Waals surface area contributed by atoms with Crippen LogP contribution in [0.25, 0.3) is 11.2 Å². The van der Waals surface area contributed by atoms with Crippen molar-refractivity contribution in [3.05, 3.63) is 12.7 Å². The van der Waals surface area contributed by atoms with Crippen LogP contribution in [0, 0.1) is 0 Å². The van der Waals surface area contributed by atoms with Crippen LogP contribution in [0.15, 0.2) is 12.7 Å². The molecule has 0 amide bonds. The van der Waals surface area contributed by atoms with Crippen molar-refractivity contribution in [1.82, 2.24) is 19.5 Å². The van der Waals surface area contributed by atoms with Crippen LogP contribution in [0.5, 0.6) is 0 Å². The summed E-state index contributed by atoms with van der Waals surface area (Å²) in [6.07, 6.45) is 18.2. The first-order valence-electron chi connectivity index (χ1n) is 14.0. The standard InChI is InChI=1S/C26H46N5O6P/c1-3-4-5-6-7-8-9-10-11-12-13-14-15-16-23(32)35-20-37-38(33,34)21-36-22(2)17-31-19-30-24-25(27)28-18-29-26(24)31/h18-19,22H,3-17,20-21H2,1-2H3,(H,33,34)(H2,27,28,29)/t22-/m1/s1. The maximum atomic E-state index is 12.2. The fourth-order valence-electron chi connectivity index (χ4n) is 4.15. The second kappa shape index (κ2) is 18.3. The molecular formula is C26H46N5O6P. The molecule has 0 aromatic carbocycles. The van der Waals surface area contributed by atoms with Gasteiger partial charge >= 0.3 is 13.6 Å². The first-order chi connectivity index (χ1) is 18.3. The fraction of sp³-hybridized carbons (Fsp3) is 0.769. The quantitative estimate of drug-likeness (QED) is 0.0771. The number of esters is 1. The van der Waals surface area contributed by atoms with Crippen molar-refractivity contribution < 1.29 is 28.3 Å². The Morgan fingerprint density at radius 3 is 2.24 bits per heavy atom. The molecule has 2 aromatic rings. The van der Waals surface area contributed by atoms with Crippen LogP contribution in [-0.2, 0) is 29.9 Å². The van der Waals surface area contributed by atoms with E-state index in [4.69, 9.17) is 19.7 Å². The summed E-state index contributed by atoms with van der Waals surface area (Å²) in [5.41, 5.74) is 6.81. The molecule has 11 nitrogen and oxygen atoms in total. The average molecular weight is 556 g/mol. The number of hydrogen-bond acceptors (Lipinski definition) is 9. The van der Waals surface area contributed by atoms with Gasteiger partial charge in [0.2, 0.25) is 6.79 Å². The summed E-state index contributed by atoms with van der Waals surface area (Å²) < 4.78 is 29.2. The Labute approximate surface area is 226 Å². The van der Waals surface area contributed by atoms with E-state index >= 15 is 0 Å². The van der Waals surface area contributed by atoms with E-state index in [1.165, 1.54) is 70.5 Å². The number of nitrogen functional groups attached to an aromatic ring is 1. The molecule has 0 aliphatic carbocycles. The van der Waals surface area contributed by atoms with Gasteiger partial charge in [-0.2, -0.15) is 0 Å². The number of imidazole rings is 1. The molecule has 0 spiro atoms. The second-order valence-electron chi connectivity index (χ2n) is 9.83. The van der Waals surface area contributed by atoms with Gasteiger partial charge in [0.05, 0.1) is 19.0 Å². The van der Waals surface area contributed by atoms with E-state index in [1.54, 1.807) is 17.8 Å². The molecule has 2 aromatic heterocycles. The summed E-state index contributed by atoms with van der Waals surface area (Å²) in [6, 6.07) is 0. The van der Waals surface area contributed by atoms with E-state index < -0.39 is 32.8 Å². The minimum Gasteiger partial charge on any atom is -0.438 e. The highest BCUT2D eigenvalue weighted by Gasteiger charge is 2.22. The lowest BCUT2D eigenvalue weighted by Gasteiger charge is -2.17. The number of hydrogen-bond donors (Lipinski definition) is 2.